The third-order valence-electron chi connectivity index (χ3n) is 3.11. The predicted molar refractivity (Wildman–Crippen MR) is 75.2 cm³/mol. The molecule has 1 aliphatic heterocycles. The predicted octanol–water partition coefficient (Wildman–Crippen LogP) is 1.85. The zero-order valence-corrected chi connectivity index (χ0v) is 11.5. The van der Waals surface area contributed by atoms with Crippen LogP contribution in [-0.2, 0) is 0 Å². The molecule has 4 nitrogen and oxygen atoms in total. The van der Waals surface area contributed by atoms with E-state index < -0.39 is 0 Å². The van der Waals surface area contributed by atoms with Gasteiger partial charge in [-0.2, -0.15) is 11.8 Å². The van der Waals surface area contributed by atoms with E-state index in [1.54, 1.807) is 25.3 Å². The fourth-order valence-corrected chi connectivity index (χ4v) is 3.05. The molecule has 18 heavy (non-hydrogen) atoms. The minimum Gasteiger partial charge on any atom is -0.495 e. The molecule has 0 aromatic heterocycles. The second kappa shape index (κ2) is 5.52. The summed E-state index contributed by atoms with van der Waals surface area (Å²) in [5, 5.41) is 0. The van der Waals surface area contributed by atoms with Crippen LogP contribution in [0.4, 0.5) is 5.69 Å². The molecule has 0 bridgehead atoms. The first-order chi connectivity index (χ1) is 8.63. The molecule has 1 amide bonds. The highest BCUT2D eigenvalue weighted by molar-refractivity contribution is 7.99. The van der Waals surface area contributed by atoms with Crippen LogP contribution in [0.3, 0.4) is 0 Å². The van der Waals surface area contributed by atoms with Crippen molar-refractivity contribution in [2.24, 2.45) is 0 Å². The molecule has 98 valence electrons. The largest absolute Gasteiger partial charge is 0.495 e. The van der Waals surface area contributed by atoms with Crippen molar-refractivity contribution in [1.82, 2.24) is 4.90 Å². The Morgan fingerprint density at radius 3 is 3.00 bits per heavy atom. The lowest BCUT2D eigenvalue weighted by Crippen LogP contribution is -2.44. The molecule has 1 aliphatic rings. The Kier molecular flexibility index (Phi) is 4.01. The van der Waals surface area contributed by atoms with E-state index in [-0.39, 0.29) is 11.9 Å². The molecule has 1 aromatic rings. The van der Waals surface area contributed by atoms with E-state index in [2.05, 4.69) is 6.92 Å². The van der Waals surface area contributed by atoms with Gasteiger partial charge >= 0.3 is 0 Å². The van der Waals surface area contributed by atoms with E-state index in [1.807, 2.05) is 16.7 Å². The quantitative estimate of drug-likeness (QED) is 0.830. The van der Waals surface area contributed by atoms with Crippen LogP contribution in [0.15, 0.2) is 18.2 Å². The molecule has 0 saturated carbocycles. The molecule has 1 heterocycles. The number of hydrogen-bond acceptors (Lipinski definition) is 4. The van der Waals surface area contributed by atoms with Crippen molar-refractivity contribution in [3.63, 3.8) is 0 Å². The topological polar surface area (TPSA) is 55.6 Å². The van der Waals surface area contributed by atoms with Crippen molar-refractivity contribution in [1.29, 1.82) is 0 Å². The van der Waals surface area contributed by atoms with Gasteiger partial charge in [-0.15, -0.1) is 0 Å². The number of rotatable bonds is 2. The Morgan fingerprint density at radius 2 is 2.33 bits per heavy atom. The second-order valence-corrected chi connectivity index (χ2v) is 5.53. The standard InChI is InChI=1S/C13H18N2O2S/c1-9-8-18-6-5-15(9)13(16)10-3-4-11(14)12(7-10)17-2/h3-4,7,9H,5-6,8,14H2,1-2H3. The number of benzene rings is 1. The summed E-state index contributed by atoms with van der Waals surface area (Å²) in [5.41, 5.74) is 6.94. The smallest absolute Gasteiger partial charge is 0.254 e. The van der Waals surface area contributed by atoms with E-state index in [9.17, 15) is 4.79 Å². The molecule has 1 saturated heterocycles. The number of carbonyl (C=O) groups excluding carboxylic acids is 1. The van der Waals surface area contributed by atoms with E-state index in [1.165, 1.54) is 0 Å². The molecule has 1 fully saturated rings. The third-order valence-corrected chi connectivity index (χ3v) is 4.30. The van der Waals surface area contributed by atoms with Gasteiger partial charge in [0.15, 0.2) is 0 Å². The van der Waals surface area contributed by atoms with Gasteiger partial charge in [-0.3, -0.25) is 4.79 Å². The summed E-state index contributed by atoms with van der Waals surface area (Å²) in [6.45, 7) is 2.88. The van der Waals surface area contributed by atoms with E-state index >= 15 is 0 Å². The van der Waals surface area contributed by atoms with Crippen molar-refractivity contribution in [2.75, 3.05) is 30.9 Å². The van der Waals surface area contributed by atoms with Crippen molar-refractivity contribution in [3.05, 3.63) is 23.8 Å². The molecule has 2 N–H and O–H groups in total. The highest BCUT2D eigenvalue weighted by Gasteiger charge is 2.24. The highest BCUT2D eigenvalue weighted by Crippen LogP contribution is 2.25. The maximum absolute atomic E-state index is 12.4. The van der Waals surface area contributed by atoms with Crippen LogP contribution >= 0.6 is 11.8 Å². The SMILES string of the molecule is COc1cc(C(=O)N2CCSCC2C)ccc1N. The normalized spacial score (nSPS) is 19.7. The molecule has 0 radical (unpaired) electrons. The van der Waals surface area contributed by atoms with Gasteiger partial charge in [-0.1, -0.05) is 0 Å². The average molecular weight is 266 g/mol. The molecule has 0 aliphatic carbocycles. The number of amides is 1. The van der Waals surface area contributed by atoms with Gasteiger partial charge in [0, 0.05) is 29.7 Å². The van der Waals surface area contributed by atoms with Crippen molar-refractivity contribution in [3.8, 4) is 5.75 Å². The first kappa shape index (κ1) is 13.1. The first-order valence-electron chi connectivity index (χ1n) is 5.95. The Morgan fingerprint density at radius 1 is 1.56 bits per heavy atom. The molecular formula is C13H18N2O2S. The fraction of sp³-hybridized carbons (Fsp3) is 0.462. The maximum Gasteiger partial charge on any atom is 0.254 e. The number of anilines is 1. The van der Waals surface area contributed by atoms with Gasteiger partial charge in [-0.25, -0.2) is 0 Å². The number of nitrogens with two attached hydrogens (primary N) is 1. The zero-order chi connectivity index (χ0) is 13.1. The number of ether oxygens (including phenoxy) is 1. The lowest BCUT2D eigenvalue weighted by molar-refractivity contribution is 0.0715. The van der Waals surface area contributed by atoms with Crippen LogP contribution in [0.5, 0.6) is 5.75 Å². The van der Waals surface area contributed by atoms with Gasteiger partial charge in [0.1, 0.15) is 5.75 Å². The summed E-state index contributed by atoms with van der Waals surface area (Å²) in [7, 11) is 1.56. The summed E-state index contributed by atoms with van der Waals surface area (Å²) in [4.78, 5) is 14.3. The first-order valence-corrected chi connectivity index (χ1v) is 7.11. The van der Waals surface area contributed by atoms with E-state index in [0.29, 0.717) is 17.0 Å². The average Bonchev–Trinajstić information content (AvgIpc) is 2.39. The number of thioether (sulfide) groups is 1. The Labute approximate surface area is 111 Å². The summed E-state index contributed by atoms with van der Waals surface area (Å²) in [6, 6.07) is 5.47. The van der Waals surface area contributed by atoms with Crippen LogP contribution in [0.2, 0.25) is 0 Å². The van der Waals surface area contributed by atoms with Gasteiger partial charge in [0.05, 0.1) is 12.8 Å². The minimum absolute atomic E-state index is 0.0566. The Hall–Kier alpha value is -1.36. The lowest BCUT2D eigenvalue weighted by atomic mass is 10.1. The number of hydrogen-bond donors (Lipinski definition) is 1. The van der Waals surface area contributed by atoms with Gasteiger partial charge < -0.3 is 15.4 Å². The maximum atomic E-state index is 12.4. The zero-order valence-electron chi connectivity index (χ0n) is 10.7. The van der Waals surface area contributed by atoms with Crippen molar-refractivity contribution in [2.45, 2.75) is 13.0 Å². The van der Waals surface area contributed by atoms with Crippen LogP contribution in [0, 0.1) is 0 Å². The van der Waals surface area contributed by atoms with Crippen LogP contribution in [0.25, 0.3) is 0 Å². The molecule has 2 rings (SSSR count). The molecule has 1 unspecified atom stereocenters. The van der Waals surface area contributed by atoms with Crippen LogP contribution < -0.4 is 10.5 Å². The number of methoxy groups -OCH3 is 1. The lowest BCUT2D eigenvalue weighted by Gasteiger charge is -2.33. The fourth-order valence-electron chi connectivity index (χ4n) is 2.04. The summed E-state index contributed by atoms with van der Waals surface area (Å²) in [6.07, 6.45) is 0. The van der Waals surface area contributed by atoms with Crippen molar-refractivity contribution >= 4 is 23.4 Å². The minimum atomic E-state index is 0.0566. The number of nitrogens with zero attached hydrogens (tertiary/aromatic N) is 1. The summed E-state index contributed by atoms with van der Waals surface area (Å²) < 4.78 is 5.15. The van der Waals surface area contributed by atoms with Crippen LogP contribution in [0.1, 0.15) is 17.3 Å². The third kappa shape index (κ3) is 2.56. The second-order valence-electron chi connectivity index (χ2n) is 4.38. The van der Waals surface area contributed by atoms with E-state index in [0.717, 1.165) is 18.1 Å². The van der Waals surface area contributed by atoms with Crippen LogP contribution in [-0.4, -0.2) is 42.0 Å². The summed E-state index contributed by atoms with van der Waals surface area (Å²) >= 11 is 1.89. The number of carbonyl (C=O) groups is 1. The van der Waals surface area contributed by atoms with Gasteiger partial charge in [-0.05, 0) is 25.1 Å². The van der Waals surface area contributed by atoms with E-state index in [4.69, 9.17) is 10.5 Å². The molecular weight excluding hydrogens is 248 g/mol. The highest BCUT2D eigenvalue weighted by atomic mass is 32.2. The number of nitrogen functional groups attached to an aromatic ring is 1. The Bertz CT molecular complexity index is 451. The summed E-state index contributed by atoms with van der Waals surface area (Å²) in [5.74, 6) is 2.61. The molecule has 5 heteroatoms. The molecule has 0 spiro atoms. The monoisotopic (exact) mass is 266 g/mol. The molecule has 1 aromatic carbocycles. The van der Waals surface area contributed by atoms with Gasteiger partial charge in [0.25, 0.3) is 5.91 Å². The van der Waals surface area contributed by atoms with Crippen molar-refractivity contribution < 1.29 is 9.53 Å². The Balaban J connectivity index is 2.22. The molecule has 1 atom stereocenters. The van der Waals surface area contributed by atoms with Gasteiger partial charge in [0.2, 0.25) is 0 Å².